The van der Waals surface area contributed by atoms with Crippen LogP contribution < -0.4 is 0 Å². The molecular formula is C18H24O7. The summed E-state index contributed by atoms with van der Waals surface area (Å²) in [6.45, 7) is 7.68. The largest absolute Gasteiger partial charge is 0.462 e. The van der Waals surface area contributed by atoms with E-state index in [1.54, 1.807) is 6.08 Å². The molecule has 138 valence electrons. The molecule has 0 saturated carbocycles. The molecule has 7 heteroatoms. The van der Waals surface area contributed by atoms with Crippen molar-refractivity contribution >= 4 is 17.9 Å². The molecule has 0 aromatic rings. The fourth-order valence-electron chi connectivity index (χ4n) is 2.46. The summed E-state index contributed by atoms with van der Waals surface area (Å²) in [5.41, 5.74) is 0.587. The zero-order valence-electron chi connectivity index (χ0n) is 14.6. The van der Waals surface area contributed by atoms with Gasteiger partial charge in [-0.3, -0.25) is 4.79 Å². The number of carbonyl (C=O) groups excluding carboxylic acids is 3. The summed E-state index contributed by atoms with van der Waals surface area (Å²) in [6, 6.07) is 0. The van der Waals surface area contributed by atoms with E-state index in [0.717, 1.165) is 0 Å². The highest BCUT2D eigenvalue weighted by Crippen LogP contribution is 2.31. The normalized spacial score (nSPS) is 24.7. The third-order valence-corrected chi connectivity index (χ3v) is 3.99. The quantitative estimate of drug-likeness (QED) is 0.215. The minimum absolute atomic E-state index is 0.0210. The summed E-state index contributed by atoms with van der Waals surface area (Å²) in [5, 5.41) is 0. The smallest absolute Gasteiger partial charge is 0.334 e. The standard InChI is InChI=1S/C18H24O7/c1-11(2)16(19)22-6-7-23-17(20)14-5-4-12(3)8-15(14)18(21)25-10-13-9-24-13/h5,12-13,15H,1,4,6-10H2,2-3H3. The van der Waals surface area contributed by atoms with Gasteiger partial charge in [-0.15, -0.1) is 0 Å². The van der Waals surface area contributed by atoms with E-state index in [1.807, 2.05) is 6.92 Å². The number of rotatable bonds is 8. The van der Waals surface area contributed by atoms with Gasteiger partial charge in [-0.1, -0.05) is 19.6 Å². The van der Waals surface area contributed by atoms with Gasteiger partial charge in [-0.2, -0.15) is 0 Å². The summed E-state index contributed by atoms with van der Waals surface area (Å²) in [5.74, 6) is -1.90. The van der Waals surface area contributed by atoms with Crippen LogP contribution in [0, 0.1) is 11.8 Å². The molecule has 1 fully saturated rings. The minimum Gasteiger partial charge on any atom is -0.462 e. The van der Waals surface area contributed by atoms with Crippen molar-refractivity contribution in [2.45, 2.75) is 32.8 Å². The highest BCUT2D eigenvalue weighted by atomic mass is 16.6. The Bertz CT molecular complexity index is 574. The van der Waals surface area contributed by atoms with Gasteiger partial charge in [0.1, 0.15) is 25.9 Å². The molecule has 0 spiro atoms. The lowest BCUT2D eigenvalue weighted by atomic mass is 9.82. The molecule has 2 rings (SSSR count). The molecule has 3 unspecified atom stereocenters. The summed E-state index contributed by atoms with van der Waals surface area (Å²) in [6.07, 6.45) is 2.95. The molecule has 0 N–H and O–H groups in total. The zero-order chi connectivity index (χ0) is 18.4. The molecule has 25 heavy (non-hydrogen) atoms. The number of hydrogen-bond donors (Lipinski definition) is 0. The van der Waals surface area contributed by atoms with E-state index >= 15 is 0 Å². The number of ether oxygens (including phenoxy) is 4. The lowest BCUT2D eigenvalue weighted by Gasteiger charge is -2.25. The lowest BCUT2D eigenvalue weighted by molar-refractivity contribution is -0.153. The van der Waals surface area contributed by atoms with E-state index in [2.05, 4.69) is 6.58 Å². The Kier molecular flexibility index (Phi) is 6.75. The maximum atomic E-state index is 12.3. The molecule has 0 aromatic carbocycles. The van der Waals surface area contributed by atoms with Crippen LogP contribution in [0.15, 0.2) is 23.8 Å². The Morgan fingerprint density at radius 3 is 2.56 bits per heavy atom. The van der Waals surface area contributed by atoms with E-state index in [-0.39, 0.29) is 37.4 Å². The van der Waals surface area contributed by atoms with Gasteiger partial charge in [0.25, 0.3) is 0 Å². The van der Waals surface area contributed by atoms with Gasteiger partial charge in [0.05, 0.1) is 12.5 Å². The number of allylic oxidation sites excluding steroid dienone is 1. The van der Waals surface area contributed by atoms with Gasteiger partial charge in [0, 0.05) is 11.1 Å². The predicted octanol–water partition coefficient (Wildman–Crippen LogP) is 1.56. The van der Waals surface area contributed by atoms with Crippen LogP contribution in [0.2, 0.25) is 0 Å². The van der Waals surface area contributed by atoms with Gasteiger partial charge in [-0.25, -0.2) is 9.59 Å². The maximum absolute atomic E-state index is 12.3. The number of esters is 3. The van der Waals surface area contributed by atoms with Crippen LogP contribution in [0.5, 0.6) is 0 Å². The Labute approximate surface area is 146 Å². The lowest BCUT2D eigenvalue weighted by Crippen LogP contribution is -2.30. The molecule has 1 saturated heterocycles. The summed E-state index contributed by atoms with van der Waals surface area (Å²) in [4.78, 5) is 35.8. The first-order valence-electron chi connectivity index (χ1n) is 8.36. The van der Waals surface area contributed by atoms with Crippen LogP contribution >= 0.6 is 0 Å². The number of carbonyl (C=O) groups is 3. The zero-order valence-corrected chi connectivity index (χ0v) is 14.6. The molecule has 0 bridgehead atoms. The molecule has 0 aromatic heterocycles. The third kappa shape index (κ3) is 6.01. The molecule has 1 aliphatic heterocycles. The van der Waals surface area contributed by atoms with Gasteiger partial charge in [0.15, 0.2) is 0 Å². The average Bonchev–Trinajstić information content (AvgIpc) is 3.40. The van der Waals surface area contributed by atoms with Crippen molar-refractivity contribution in [1.29, 1.82) is 0 Å². The van der Waals surface area contributed by atoms with Crippen LogP contribution in [0.3, 0.4) is 0 Å². The fraction of sp³-hybridized carbons (Fsp3) is 0.611. The number of epoxide rings is 1. The molecule has 1 heterocycles. The first-order valence-corrected chi connectivity index (χ1v) is 8.36. The SMILES string of the molecule is C=C(C)C(=O)OCCOC(=O)C1=CCC(C)CC1C(=O)OCC1CO1. The summed E-state index contributed by atoms with van der Waals surface area (Å²) < 4.78 is 20.2. The van der Waals surface area contributed by atoms with Gasteiger partial charge in [-0.05, 0) is 25.7 Å². The maximum Gasteiger partial charge on any atom is 0.334 e. The van der Waals surface area contributed by atoms with Crippen molar-refractivity contribution in [2.75, 3.05) is 26.4 Å². The van der Waals surface area contributed by atoms with Crippen molar-refractivity contribution in [2.24, 2.45) is 11.8 Å². The summed E-state index contributed by atoms with van der Waals surface area (Å²) in [7, 11) is 0. The predicted molar refractivity (Wildman–Crippen MR) is 87.4 cm³/mol. The topological polar surface area (TPSA) is 91.4 Å². The Balaban J connectivity index is 1.84. The van der Waals surface area contributed by atoms with Crippen LogP contribution in [0.25, 0.3) is 0 Å². The average molecular weight is 352 g/mol. The van der Waals surface area contributed by atoms with Gasteiger partial charge in [0.2, 0.25) is 0 Å². The molecule has 0 amide bonds. The molecular weight excluding hydrogens is 328 g/mol. The Morgan fingerprint density at radius 1 is 1.24 bits per heavy atom. The highest BCUT2D eigenvalue weighted by molar-refractivity contribution is 5.95. The first-order chi connectivity index (χ1) is 11.9. The Morgan fingerprint density at radius 2 is 1.92 bits per heavy atom. The van der Waals surface area contributed by atoms with Crippen molar-refractivity contribution in [3.63, 3.8) is 0 Å². The first kappa shape index (κ1) is 19.2. The molecule has 3 atom stereocenters. The number of hydrogen-bond acceptors (Lipinski definition) is 7. The Hall–Kier alpha value is -2.15. The van der Waals surface area contributed by atoms with Crippen molar-refractivity contribution in [3.05, 3.63) is 23.8 Å². The molecule has 7 nitrogen and oxygen atoms in total. The van der Waals surface area contributed by atoms with Crippen molar-refractivity contribution < 1.29 is 33.3 Å². The van der Waals surface area contributed by atoms with Crippen LogP contribution in [-0.2, 0) is 33.3 Å². The monoisotopic (exact) mass is 352 g/mol. The molecule has 0 radical (unpaired) electrons. The molecule has 1 aliphatic carbocycles. The van der Waals surface area contributed by atoms with Gasteiger partial charge >= 0.3 is 17.9 Å². The van der Waals surface area contributed by atoms with Crippen LogP contribution in [-0.4, -0.2) is 50.4 Å². The second-order valence-electron chi connectivity index (χ2n) is 6.43. The van der Waals surface area contributed by atoms with E-state index < -0.39 is 23.8 Å². The van der Waals surface area contributed by atoms with Crippen LogP contribution in [0.4, 0.5) is 0 Å². The molecule has 2 aliphatic rings. The van der Waals surface area contributed by atoms with Crippen LogP contribution in [0.1, 0.15) is 26.7 Å². The second kappa shape index (κ2) is 8.80. The van der Waals surface area contributed by atoms with E-state index in [4.69, 9.17) is 18.9 Å². The van der Waals surface area contributed by atoms with E-state index in [0.29, 0.717) is 25.0 Å². The van der Waals surface area contributed by atoms with E-state index in [9.17, 15) is 14.4 Å². The minimum atomic E-state index is -0.632. The fourth-order valence-corrected chi connectivity index (χ4v) is 2.46. The van der Waals surface area contributed by atoms with Gasteiger partial charge < -0.3 is 18.9 Å². The van der Waals surface area contributed by atoms with E-state index in [1.165, 1.54) is 6.92 Å². The summed E-state index contributed by atoms with van der Waals surface area (Å²) >= 11 is 0. The third-order valence-electron chi connectivity index (χ3n) is 3.99. The second-order valence-corrected chi connectivity index (χ2v) is 6.43. The van der Waals surface area contributed by atoms with Crippen molar-refractivity contribution in [1.82, 2.24) is 0 Å². The highest BCUT2D eigenvalue weighted by Gasteiger charge is 2.35. The van der Waals surface area contributed by atoms with Crippen molar-refractivity contribution in [3.8, 4) is 0 Å².